The largest absolute Gasteiger partial charge is 0.508 e. The number of carbonyl (C=O) groups is 2. The number of fused-ring (bicyclic) bond motifs is 1. The number of furan rings is 1. The van der Waals surface area contributed by atoms with Crippen molar-refractivity contribution in [1.29, 1.82) is 0 Å². The molecule has 0 bridgehead atoms. The molecule has 1 aromatic carbocycles. The average molecular weight is 243 g/mol. The van der Waals surface area contributed by atoms with Gasteiger partial charge in [0.1, 0.15) is 11.5 Å². The van der Waals surface area contributed by atoms with Crippen molar-refractivity contribution < 1.29 is 19.1 Å². The number of hydrogen-bond acceptors (Lipinski definition) is 4. The Balaban J connectivity index is 2.05. The van der Waals surface area contributed by atoms with Gasteiger partial charge in [-0.2, -0.15) is 0 Å². The first-order valence-corrected chi connectivity index (χ1v) is 5.39. The topological polar surface area (TPSA) is 70.8 Å². The van der Waals surface area contributed by atoms with Crippen LogP contribution in [0.25, 0.3) is 0 Å². The normalized spacial score (nSPS) is 14.8. The van der Waals surface area contributed by atoms with Crippen LogP contribution >= 0.6 is 0 Å². The molecule has 0 unspecified atom stereocenters. The minimum Gasteiger partial charge on any atom is -0.508 e. The minimum atomic E-state index is -0.402. The van der Waals surface area contributed by atoms with Crippen LogP contribution in [-0.2, 0) is 11.2 Å². The molecule has 1 N–H and O–H groups in total. The van der Waals surface area contributed by atoms with Crippen molar-refractivity contribution in [3.63, 3.8) is 0 Å². The molecule has 0 spiro atoms. The Hall–Kier alpha value is -2.56. The van der Waals surface area contributed by atoms with E-state index in [1.54, 1.807) is 6.07 Å². The maximum Gasteiger partial charge on any atom is 0.268 e. The molecule has 0 atom stereocenters. The van der Waals surface area contributed by atoms with Gasteiger partial charge in [0.2, 0.25) is 5.91 Å². The van der Waals surface area contributed by atoms with Crippen LogP contribution in [0.15, 0.2) is 41.0 Å². The van der Waals surface area contributed by atoms with Gasteiger partial charge < -0.3 is 9.52 Å². The van der Waals surface area contributed by atoms with E-state index < -0.39 is 5.91 Å². The first-order chi connectivity index (χ1) is 8.66. The molecule has 1 aliphatic rings. The zero-order valence-electron chi connectivity index (χ0n) is 9.29. The maximum atomic E-state index is 12.2. The highest BCUT2D eigenvalue weighted by Gasteiger charge is 2.34. The van der Waals surface area contributed by atoms with Crippen LogP contribution in [0.2, 0.25) is 0 Å². The predicted octanol–water partition coefficient (Wildman–Crippen LogP) is 1.71. The predicted molar refractivity (Wildman–Crippen MR) is 62.3 cm³/mol. The van der Waals surface area contributed by atoms with Gasteiger partial charge in [0.25, 0.3) is 5.91 Å². The van der Waals surface area contributed by atoms with E-state index in [0.29, 0.717) is 17.0 Å². The van der Waals surface area contributed by atoms with Crippen molar-refractivity contribution in [3.8, 4) is 5.75 Å². The average Bonchev–Trinajstić information content (AvgIpc) is 2.80. The maximum absolute atomic E-state index is 12.2. The number of nitrogens with zero attached hydrogens (tertiary/aromatic N) is 1. The molecule has 3 rings (SSSR count). The Morgan fingerprint density at radius 2 is 1.83 bits per heavy atom. The number of carbonyl (C=O) groups excluding carboxylic acids is 2. The van der Waals surface area contributed by atoms with Gasteiger partial charge in [0.05, 0.1) is 23.9 Å². The summed E-state index contributed by atoms with van der Waals surface area (Å²) in [5.41, 5.74) is 0.845. The fourth-order valence-electron chi connectivity index (χ4n) is 1.98. The van der Waals surface area contributed by atoms with Crippen molar-refractivity contribution in [3.05, 3.63) is 47.9 Å². The molecule has 1 aromatic heterocycles. The van der Waals surface area contributed by atoms with Crippen LogP contribution in [0, 0.1) is 0 Å². The number of phenolic OH excluding ortho intramolecular Hbond substituents is 1. The van der Waals surface area contributed by atoms with Crippen LogP contribution < -0.4 is 4.90 Å². The lowest BCUT2D eigenvalue weighted by Gasteiger charge is -2.24. The summed E-state index contributed by atoms with van der Waals surface area (Å²) >= 11 is 0. The van der Waals surface area contributed by atoms with Crippen molar-refractivity contribution in [2.24, 2.45) is 0 Å². The van der Waals surface area contributed by atoms with Gasteiger partial charge in [-0.05, 0) is 30.3 Å². The number of imide groups is 1. The lowest BCUT2D eigenvalue weighted by Crippen LogP contribution is -2.41. The minimum absolute atomic E-state index is 0.0644. The summed E-state index contributed by atoms with van der Waals surface area (Å²) in [5.74, 6) is -0.256. The molecule has 0 radical (unpaired) electrons. The molecule has 0 saturated carbocycles. The summed E-state index contributed by atoms with van der Waals surface area (Å²) in [6.07, 6.45) is 1.46. The fourth-order valence-corrected chi connectivity index (χ4v) is 1.98. The third-order valence-electron chi connectivity index (χ3n) is 2.85. The zero-order valence-corrected chi connectivity index (χ0v) is 9.29. The highest BCUT2D eigenvalue weighted by Crippen LogP contribution is 2.27. The summed E-state index contributed by atoms with van der Waals surface area (Å²) in [7, 11) is 0. The summed E-state index contributed by atoms with van der Waals surface area (Å²) < 4.78 is 5.09. The molecular weight excluding hydrogens is 234 g/mol. The third-order valence-corrected chi connectivity index (χ3v) is 2.85. The standard InChI is InChI=1S/C13H9NO4/c15-9-3-1-8(2-4-9)14-12(16)7-11-10(13(14)17)5-6-18-11/h1-6,15H,7H2. The number of benzene rings is 1. The van der Waals surface area contributed by atoms with Gasteiger partial charge >= 0.3 is 0 Å². The van der Waals surface area contributed by atoms with E-state index in [-0.39, 0.29) is 18.1 Å². The van der Waals surface area contributed by atoms with Crippen LogP contribution in [0.5, 0.6) is 5.75 Å². The number of phenols is 1. The van der Waals surface area contributed by atoms with E-state index in [9.17, 15) is 14.7 Å². The molecule has 5 nitrogen and oxygen atoms in total. The Morgan fingerprint density at radius 3 is 2.56 bits per heavy atom. The summed E-state index contributed by atoms with van der Waals surface area (Å²) in [6.45, 7) is 0. The first kappa shape index (κ1) is 10.6. The molecule has 90 valence electrons. The second-order valence-electron chi connectivity index (χ2n) is 3.98. The summed E-state index contributed by atoms with van der Waals surface area (Å²) in [6, 6.07) is 7.46. The monoisotopic (exact) mass is 243 g/mol. The van der Waals surface area contributed by atoms with Crippen LogP contribution in [0.4, 0.5) is 5.69 Å². The highest BCUT2D eigenvalue weighted by molar-refractivity contribution is 6.24. The van der Waals surface area contributed by atoms with Crippen molar-refractivity contribution in [2.45, 2.75) is 6.42 Å². The van der Waals surface area contributed by atoms with E-state index in [1.807, 2.05) is 0 Å². The number of aromatic hydroxyl groups is 1. The second-order valence-corrected chi connectivity index (χ2v) is 3.98. The Kier molecular flexibility index (Phi) is 2.19. The Bertz CT molecular complexity index is 627. The van der Waals surface area contributed by atoms with Gasteiger partial charge in [-0.3, -0.25) is 9.59 Å². The van der Waals surface area contributed by atoms with Gasteiger partial charge in [0, 0.05) is 0 Å². The van der Waals surface area contributed by atoms with E-state index in [4.69, 9.17) is 4.42 Å². The number of hydrogen-bond donors (Lipinski definition) is 1. The third kappa shape index (κ3) is 1.48. The molecule has 1 aliphatic heterocycles. The van der Waals surface area contributed by atoms with Gasteiger partial charge in [-0.1, -0.05) is 0 Å². The van der Waals surface area contributed by atoms with E-state index in [2.05, 4.69) is 0 Å². The molecule has 0 fully saturated rings. The lowest BCUT2D eigenvalue weighted by molar-refractivity contribution is -0.117. The molecular formula is C13H9NO4. The molecule has 0 aliphatic carbocycles. The van der Waals surface area contributed by atoms with E-state index >= 15 is 0 Å². The van der Waals surface area contributed by atoms with Crippen molar-refractivity contribution in [1.82, 2.24) is 0 Å². The highest BCUT2D eigenvalue weighted by atomic mass is 16.3. The first-order valence-electron chi connectivity index (χ1n) is 5.39. The molecule has 0 saturated heterocycles. The van der Waals surface area contributed by atoms with Gasteiger partial charge in [-0.25, -0.2) is 4.90 Å². The summed E-state index contributed by atoms with van der Waals surface area (Å²) in [5, 5.41) is 9.21. The van der Waals surface area contributed by atoms with E-state index in [1.165, 1.54) is 30.5 Å². The quantitative estimate of drug-likeness (QED) is 0.774. The molecule has 2 amide bonds. The fraction of sp³-hybridized carbons (Fsp3) is 0.0769. The summed E-state index contributed by atoms with van der Waals surface area (Å²) in [4.78, 5) is 25.2. The zero-order chi connectivity index (χ0) is 12.7. The van der Waals surface area contributed by atoms with Crippen LogP contribution in [-0.4, -0.2) is 16.9 Å². The number of amides is 2. The molecule has 2 aromatic rings. The van der Waals surface area contributed by atoms with Crippen LogP contribution in [0.3, 0.4) is 0 Å². The van der Waals surface area contributed by atoms with Gasteiger partial charge in [-0.15, -0.1) is 0 Å². The number of rotatable bonds is 1. The Morgan fingerprint density at radius 1 is 1.11 bits per heavy atom. The van der Waals surface area contributed by atoms with Gasteiger partial charge in [0.15, 0.2) is 0 Å². The van der Waals surface area contributed by atoms with Crippen LogP contribution in [0.1, 0.15) is 16.1 Å². The second kappa shape index (κ2) is 3.73. The number of anilines is 1. The smallest absolute Gasteiger partial charge is 0.268 e. The van der Waals surface area contributed by atoms with Crippen molar-refractivity contribution in [2.75, 3.05) is 4.90 Å². The van der Waals surface area contributed by atoms with E-state index in [0.717, 1.165) is 4.90 Å². The lowest BCUT2D eigenvalue weighted by atomic mass is 10.1. The SMILES string of the molecule is O=C1Cc2occc2C(=O)N1c1ccc(O)cc1. The van der Waals surface area contributed by atoms with Crippen molar-refractivity contribution >= 4 is 17.5 Å². The Labute approximate surface area is 102 Å². The molecule has 18 heavy (non-hydrogen) atoms. The molecule has 2 heterocycles. The molecule has 5 heteroatoms.